The Hall–Kier alpha value is -7.10. The van der Waals surface area contributed by atoms with Crippen LogP contribution in [0.15, 0.2) is 186 Å². The molecule has 0 spiro atoms. The molecule has 0 N–H and O–H groups in total. The minimum atomic E-state index is 0.683. The normalized spacial score (nSPS) is 11.8. The van der Waals surface area contributed by atoms with Crippen LogP contribution < -0.4 is 0 Å². The van der Waals surface area contributed by atoms with Crippen LogP contribution in [0.3, 0.4) is 0 Å². The summed E-state index contributed by atoms with van der Waals surface area (Å²) >= 11 is 0. The maximum atomic E-state index is 6.30. The summed E-state index contributed by atoms with van der Waals surface area (Å²) < 4.78 is 6.30. The van der Waals surface area contributed by atoms with Crippen LogP contribution in [-0.4, -0.2) is 9.97 Å². The third-order valence-electron chi connectivity index (χ3n) is 10.7. The highest BCUT2D eigenvalue weighted by Gasteiger charge is 2.20. The van der Waals surface area contributed by atoms with E-state index in [-0.39, 0.29) is 0 Å². The van der Waals surface area contributed by atoms with Crippen molar-refractivity contribution in [3.05, 3.63) is 182 Å². The molecule has 3 heteroatoms. The highest BCUT2D eigenvalue weighted by Crippen LogP contribution is 2.44. The summed E-state index contributed by atoms with van der Waals surface area (Å²) in [6.45, 7) is 0. The second-order valence-corrected chi connectivity index (χ2v) is 13.7. The summed E-state index contributed by atoms with van der Waals surface area (Å²) in [5, 5.41) is 11.9. The van der Waals surface area contributed by atoms with Crippen molar-refractivity contribution in [3.8, 4) is 45.0 Å². The molecule has 2 heterocycles. The van der Waals surface area contributed by atoms with Crippen LogP contribution in [0.4, 0.5) is 0 Å². The molecule has 0 radical (unpaired) electrons. The second-order valence-electron chi connectivity index (χ2n) is 13.7. The largest absolute Gasteiger partial charge is 0.456 e. The van der Waals surface area contributed by atoms with Gasteiger partial charge in [-0.3, -0.25) is 0 Å². The van der Waals surface area contributed by atoms with Gasteiger partial charge in [-0.2, -0.15) is 0 Å². The van der Waals surface area contributed by atoms with Crippen LogP contribution in [0.25, 0.3) is 110 Å². The Labute approximate surface area is 305 Å². The van der Waals surface area contributed by atoms with Gasteiger partial charge in [-0.1, -0.05) is 158 Å². The highest BCUT2D eigenvalue weighted by molar-refractivity contribution is 6.23. The molecule has 0 aliphatic rings. The number of furan rings is 1. The molecule has 2 aromatic heterocycles. The first-order valence-electron chi connectivity index (χ1n) is 18.0. The average molecular weight is 675 g/mol. The summed E-state index contributed by atoms with van der Waals surface area (Å²) in [5.41, 5.74) is 8.93. The fraction of sp³-hybridized carbons (Fsp3) is 0. The first kappa shape index (κ1) is 29.6. The van der Waals surface area contributed by atoms with Crippen molar-refractivity contribution in [1.82, 2.24) is 9.97 Å². The monoisotopic (exact) mass is 674 g/mol. The van der Waals surface area contributed by atoms with E-state index in [1.807, 2.05) is 42.5 Å². The average Bonchev–Trinajstić information content (AvgIpc) is 3.62. The van der Waals surface area contributed by atoms with Crippen LogP contribution in [0.2, 0.25) is 0 Å². The van der Waals surface area contributed by atoms with Crippen molar-refractivity contribution in [2.45, 2.75) is 0 Å². The highest BCUT2D eigenvalue weighted by atomic mass is 16.3. The van der Waals surface area contributed by atoms with Gasteiger partial charge >= 0.3 is 0 Å². The van der Waals surface area contributed by atoms with Crippen LogP contribution in [0, 0.1) is 0 Å². The summed E-state index contributed by atoms with van der Waals surface area (Å²) in [6.07, 6.45) is 0. The number of hydrogen-bond donors (Lipinski definition) is 0. The topological polar surface area (TPSA) is 38.9 Å². The van der Waals surface area contributed by atoms with Crippen molar-refractivity contribution in [2.24, 2.45) is 0 Å². The molecule has 9 aromatic carbocycles. The van der Waals surface area contributed by atoms with E-state index < -0.39 is 0 Å². The van der Waals surface area contributed by atoms with Gasteiger partial charge in [0.05, 0.1) is 11.4 Å². The molecule has 0 unspecified atom stereocenters. The standard InChI is InChI=1S/C50H30N2O/c1-2-14-32(15-3-1)50-51-44(30-45(52-50)41-22-12-24-47-49(41)42-21-10-11-23-46(42)53-47)38-27-28-39(37-20-9-8-19-36(37)38)48-35-18-7-5-16-33(35)29-43-34-17-6-4-13-31(34)25-26-40(43)48/h1-30H. The van der Waals surface area contributed by atoms with Gasteiger partial charge in [0.15, 0.2) is 5.82 Å². The maximum Gasteiger partial charge on any atom is 0.160 e. The van der Waals surface area contributed by atoms with Crippen LogP contribution >= 0.6 is 0 Å². The quantitative estimate of drug-likeness (QED) is 0.138. The molecule has 0 saturated carbocycles. The Morgan fingerprint density at radius 3 is 1.79 bits per heavy atom. The lowest BCUT2D eigenvalue weighted by Gasteiger charge is -2.17. The van der Waals surface area contributed by atoms with Gasteiger partial charge in [-0.25, -0.2) is 9.97 Å². The molecule has 0 aliphatic carbocycles. The smallest absolute Gasteiger partial charge is 0.160 e. The van der Waals surface area contributed by atoms with Crippen LogP contribution in [0.5, 0.6) is 0 Å². The number of nitrogens with zero attached hydrogens (tertiary/aromatic N) is 2. The van der Waals surface area contributed by atoms with Gasteiger partial charge in [0, 0.05) is 27.5 Å². The minimum Gasteiger partial charge on any atom is -0.456 e. The van der Waals surface area contributed by atoms with E-state index in [0.717, 1.165) is 55.4 Å². The number of aromatic nitrogens is 2. The van der Waals surface area contributed by atoms with Crippen molar-refractivity contribution >= 4 is 65.0 Å². The van der Waals surface area contributed by atoms with Crippen molar-refractivity contribution in [3.63, 3.8) is 0 Å². The van der Waals surface area contributed by atoms with E-state index in [1.165, 1.54) is 48.8 Å². The summed E-state index contributed by atoms with van der Waals surface area (Å²) in [7, 11) is 0. The Morgan fingerprint density at radius 2 is 0.962 bits per heavy atom. The maximum absolute atomic E-state index is 6.30. The number of fused-ring (bicyclic) bond motifs is 8. The zero-order valence-electron chi connectivity index (χ0n) is 28.6. The fourth-order valence-corrected chi connectivity index (χ4v) is 8.28. The SMILES string of the molecule is c1ccc(-c2nc(-c3ccc(-c4c5ccccc5cc5c4ccc4ccccc45)c4ccccc34)cc(-c3cccc4oc5ccccc5c34)n2)cc1. The predicted octanol–water partition coefficient (Wildman–Crippen LogP) is 13.7. The molecule has 11 rings (SSSR count). The lowest BCUT2D eigenvalue weighted by molar-refractivity contribution is 0.669. The van der Waals surface area contributed by atoms with Gasteiger partial charge in [-0.15, -0.1) is 0 Å². The Morgan fingerprint density at radius 1 is 0.340 bits per heavy atom. The zero-order chi connectivity index (χ0) is 34.9. The molecule has 0 aliphatic heterocycles. The molecule has 0 atom stereocenters. The van der Waals surface area contributed by atoms with Crippen LogP contribution in [-0.2, 0) is 0 Å². The number of rotatable bonds is 4. The van der Waals surface area contributed by atoms with Gasteiger partial charge in [-0.05, 0) is 78.5 Å². The molecular weight excluding hydrogens is 645 g/mol. The second kappa shape index (κ2) is 11.7. The Bertz CT molecular complexity index is 3230. The first-order chi connectivity index (χ1) is 26.3. The lowest BCUT2D eigenvalue weighted by atomic mass is 9.86. The molecule has 3 nitrogen and oxygen atoms in total. The van der Waals surface area contributed by atoms with E-state index in [0.29, 0.717) is 5.82 Å². The molecule has 0 bridgehead atoms. The number of benzene rings is 9. The number of hydrogen-bond acceptors (Lipinski definition) is 3. The predicted molar refractivity (Wildman–Crippen MR) is 221 cm³/mol. The van der Waals surface area contributed by atoms with E-state index in [4.69, 9.17) is 14.4 Å². The molecule has 0 saturated heterocycles. The Kier molecular flexibility index (Phi) is 6.55. The first-order valence-corrected chi connectivity index (χ1v) is 18.0. The molecule has 11 aromatic rings. The molecule has 246 valence electrons. The van der Waals surface area contributed by atoms with E-state index in [9.17, 15) is 0 Å². The molecule has 53 heavy (non-hydrogen) atoms. The van der Waals surface area contributed by atoms with Gasteiger partial charge in [0.25, 0.3) is 0 Å². The summed E-state index contributed by atoms with van der Waals surface area (Å²) in [4.78, 5) is 10.5. The zero-order valence-corrected chi connectivity index (χ0v) is 28.6. The van der Waals surface area contributed by atoms with Crippen molar-refractivity contribution in [1.29, 1.82) is 0 Å². The Balaban J connectivity index is 1.19. The minimum absolute atomic E-state index is 0.683. The van der Waals surface area contributed by atoms with Crippen LogP contribution in [0.1, 0.15) is 0 Å². The molecule has 0 fully saturated rings. The van der Waals surface area contributed by atoms with E-state index in [1.54, 1.807) is 0 Å². The van der Waals surface area contributed by atoms with Crippen molar-refractivity contribution in [2.75, 3.05) is 0 Å². The molecule has 0 amide bonds. The third-order valence-corrected chi connectivity index (χ3v) is 10.7. The van der Waals surface area contributed by atoms with Gasteiger partial charge in [0.2, 0.25) is 0 Å². The fourth-order valence-electron chi connectivity index (χ4n) is 8.28. The lowest BCUT2D eigenvalue weighted by Crippen LogP contribution is -1.97. The van der Waals surface area contributed by atoms with Gasteiger partial charge in [0.1, 0.15) is 11.2 Å². The van der Waals surface area contributed by atoms with E-state index in [2.05, 4.69) is 140 Å². The number of para-hydroxylation sites is 1. The molecular formula is C50H30N2O. The van der Waals surface area contributed by atoms with E-state index >= 15 is 0 Å². The summed E-state index contributed by atoms with van der Waals surface area (Å²) in [5.74, 6) is 0.683. The van der Waals surface area contributed by atoms with Crippen molar-refractivity contribution < 1.29 is 4.42 Å². The summed E-state index contributed by atoms with van der Waals surface area (Å²) in [6, 6.07) is 64.5. The van der Waals surface area contributed by atoms with Gasteiger partial charge < -0.3 is 4.42 Å². The third kappa shape index (κ3) is 4.68.